The molecule has 2 heterocycles. The molecule has 2 aromatic carbocycles. The molecule has 0 saturated heterocycles. The first-order valence-corrected chi connectivity index (χ1v) is 9.98. The number of esters is 1. The van der Waals surface area contributed by atoms with Gasteiger partial charge >= 0.3 is 5.97 Å². The highest BCUT2D eigenvalue weighted by Crippen LogP contribution is 2.22. The molecule has 0 saturated carbocycles. The van der Waals surface area contributed by atoms with Crippen LogP contribution in [0, 0.1) is 0 Å². The number of thiazole rings is 1. The summed E-state index contributed by atoms with van der Waals surface area (Å²) in [5.74, 6) is -0.242. The molecule has 1 amide bonds. The van der Waals surface area contributed by atoms with E-state index >= 15 is 0 Å². The van der Waals surface area contributed by atoms with Crippen LogP contribution in [0.4, 0.5) is 5.13 Å². The first kappa shape index (κ1) is 18.8. The first-order chi connectivity index (χ1) is 14.1. The number of aromatic nitrogens is 3. The van der Waals surface area contributed by atoms with Gasteiger partial charge in [0.1, 0.15) is 5.82 Å². The Hall–Kier alpha value is -3.52. The van der Waals surface area contributed by atoms with Gasteiger partial charge in [-0.1, -0.05) is 37.3 Å². The van der Waals surface area contributed by atoms with Crippen LogP contribution in [0.1, 0.15) is 23.7 Å². The number of imidazole rings is 1. The lowest BCUT2D eigenvalue weighted by Crippen LogP contribution is -2.32. The quantitative estimate of drug-likeness (QED) is 0.466. The second-order valence-corrected chi connectivity index (χ2v) is 7.21. The summed E-state index contributed by atoms with van der Waals surface area (Å²) in [6, 6.07) is 14.8. The van der Waals surface area contributed by atoms with Crippen molar-refractivity contribution in [3.05, 3.63) is 65.7 Å². The Morgan fingerprint density at radius 1 is 1.21 bits per heavy atom. The van der Waals surface area contributed by atoms with E-state index in [-0.39, 0.29) is 0 Å². The predicted molar refractivity (Wildman–Crippen MR) is 112 cm³/mol. The highest BCUT2D eigenvalue weighted by atomic mass is 32.1. The number of hydrogen-bond donors (Lipinski definition) is 2. The molecule has 0 aliphatic rings. The van der Waals surface area contributed by atoms with Gasteiger partial charge in [-0.05, 0) is 24.6 Å². The number of H-pyrrole nitrogens is 1. The predicted octanol–water partition coefficient (Wildman–Crippen LogP) is 4.26. The molecule has 1 unspecified atom stereocenters. The fraction of sp³-hybridized carbons (Fsp3) is 0.143. The van der Waals surface area contributed by atoms with Gasteiger partial charge in [0.15, 0.2) is 11.2 Å². The molecular formula is C21H18N4O3S. The molecule has 1 atom stereocenters. The van der Waals surface area contributed by atoms with Crippen LogP contribution in [-0.4, -0.2) is 32.9 Å². The average Bonchev–Trinajstić information content (AvgIpc) is 3.41. The number of ether oxygens (including phenoxy) is 1. The zero-order chi connectivity index (χ0) is 20.2. The lowest BCUT2D eigenvalue weighted by molar-refractivity contribution is -0.124. The standard InChI is InChI=1S/C21H18N4O3S/c1-2-17(19(26)25-21-22-10-11-29-21)28-20(27)14-8-9-15-16(12-14)24-18(23-15)13-6-4-3-5-7-13/h3-12,17H,2H2,1H3,(H,23,24)(H,22,25,26). The minimum Gasteiger partial charge on any atom is -0.449 e. The molecule has 0 aliphatic carbocycles. The Morgan fingerprint density at radius 3 is 2.76 bits per heavy atom. The van der Waals surface area contributed by atoms with E-state index in [0.717, 1.165) is 22.4 Å². The van der Waals surface area contributed by atoms with E-state index in [1.807, 2.05) is 30.3 Å². The second kappa shape index (κ2) is 8.24. The summed E-state index contributed by atoms with van der Waals surface area (Å²) in [4.78, 5) is 36.7. The maximum Gasteiger partial charge on any atom is 0.338 e. The van der Waals surface area contributed by atoms with Crippen LogP contribution < -0.4 is 5.32 Å². The molecule has 2 N–H and O–H groups in total. The molecule has 0 spiro atoms. The summed E-state index contributed by atoms with van der Waals surface area (Å²) in [7, 11) is 0. The summed E-state index contributed by atoms with van der Waals surface area (Å²) in [5.41, 5.74) is 2.77. The van der Waals surface area contributed by atoms with E-state index in [4.69, 9.17) is 4.74 Å². The van der Waals surface area contributed by atoms with Crippen molar-refractivity contribution in [2.45, 2.75) is 19.4 Å². The molecule has 29 heavy (non-hydrogen) atoms. The number of nitrogens with one attached hydrogen (secondary N) is 2. The van der Waals surface area contributed by atoms with Gasteiger partial charge in [-0.2, -0.15) is 0 Å². The van der Waals surface area contributed by atoms with Crippen molar-refractivity contribution in [1.29, 1.82) is 0 Å². The number of rotatable bonds is 6. The van der Waals surface area contributed by atoms with Gasteiger partial charge in [0.05, 0.1) is 16.6 Å². The minimum atomic E-state index is -0.899. The number of carbonyl (C=O) groups is 2. The Kier molecular flexibility index (Phi) is 5.35. The first-order valence-electron chi connectivity index (χ1n) is 9.10. The molecule has 0 fully saturated rings. The normalized spacial score (nSPS) is 11.9. The van der Waals surface area contributed by atoms with Crippen molar-refractivity contribution in [2.75, 3.05) is 5.32 Å². The lowest BCUT2D eigenvalue weighted by Gasteiger charge is -2.15. The van der Waals surface area contributed by atoms with Crippen molar-refractivity contribution in [3.8, 4) is 11.4 Å². The maximum atomic E-state index is 12.6. The monoisotopic (exact) mass is 406 g/mol. The number of hydrogen-bond acceptors (Lipinski definition) is 6. The van der Waals surface area contributed by atoms with E-state index in [1.165, 1.54) is 11.3 Å². The lowest BCUT2D eigenvalue weighted by atomic mass is 10.2. The molecule has 0 bridgehead atoms. The number of aromatic amines is 1. The summed E-state index contributed by atoms with van der Waals surface area (Å²) in [5, 5.41) is 4.88. The highest BCUT2D eigenvalue weighted by Gasteiger charge is 2.23. The van der Waals surface area contributed by atoms with E-state index < -0.39 is 18.0 Å². The average molecular weight is 406 g/mol. The van der Waals surface area contributed by atoms with Gasteiger partial charge in [0.25, 0.3) is 5.91 Å². The number of fused-ring (bicyclic) bond motifs is 1. The van der Waals surface area contributed by atoms with Crippen molar-refractivity contribution in [1.82, 2.24) is 15.0 Å². The van der Waals surface area contributed by atoms with Crippen molar-refractivity contribution >= 4 is 39.4 Å². The molecule has 0 aliphatic heterocycles. The SMILES string of the molecule is CCC(OC(=O)c1ccc2nc(-c3ccccc3)[nH]c2c1)C(=O)Nc1nccs1. The molecule has 0 radical (unpaired) electrons. The van der Waals surface area contributed by atoms with Crippen LogP contribution >= 0.6 is 11.3 Å². The smallest absolute Gasteiger partial charge is 0.338 e. The van der Waals surface area contributed by atoms with Crippen LogP contribution in [0.2, 0.25) is 0 Å². The fourth-order valence-corrected chi connectivity index (χ4v) is 3.39. The number of anilines is 1. The van der Waals surface area contributed by atoms with Crippen molar-refractivity contribution in [2.24, 2.45) is 0 Å². The van der Waals surface area contributed by atoms with E-state index in [9.17, 15) is 9.59 Å². The van der Waals surface area contributed by atoms with Crippen LogP contribution in [0.3, 0.4) is 0 Å². The zero-order valence-electron chi connectivity index (χ0n) is 15.6. The Labute approximate surface area is 170 Å². The number of nitrogens with zero attached hydrogens (tertiary/aromatic N) is 2. The van der Waals surface area contributed by atoms with Crippen LogP contribution in [-0.2, 0) is 9.53 Å². The van der Waals surface area contributed by atoms with Gasteiger partial charge in [-0.3, -0.25) is 10.1 Å². The zero-order valence-corrected chi connectivity index (χ0v) is 16.4. The largest absolute Gasteiger partial charge is 0.449 e. The van der Waals surface area contributed by atoms with Crippen LogP contribution in [0.15, 0.2) is 60.1 Å². The van der Waals surface area contributed by atoms with E-state index in [2.05, 4.69) is 20.3 Å². The van der Waals surface area contributed by atoms with Gasteiger partial charge < -0.3 is 9.72 Å². The fourth-order valence-electron chi connectivity index (χ4n) is 2.86. The molecule has 4 aromatic rings. The summed E-state index contributed by atoms with van der Waals surface area (Å²) < 4.78 is 5.43. The molecule has 146 valence electrons. The molecule has 8 heteroatoms. The van der Waals surface area contributed by atoms with Crippen molar-refractivity contribution in [3.63, 3.8) is 0 Å². The van der Waals surface area contributed by atoms with Crippen LogP contribution in [0.25, 0.3) is 22.4 Å². The minimum absolute atomic E-state index is 0.348. The maximum absolute atomic E-state index is 12.6. The van der Waals surface area contributed by atoms with Gasteiger partial charge in [-0.15, -0.1) is 11.3 Å². The summed E-state index contributed by atoms with van der Waals surface area (Å²) in [6.45, 7) is 1.78. The number of carbonyl (C=O) groups excluding carboxylic acids is 2. The Bertz CT molecular complexity index is 1140. The van der Waals surface area contributed by atoms with E-state index in [0.29, 0.717) is 17.1 Å². The van der Waals surface area contributed by atoms with E-state index in [1.54, 1.807) is 36.7 Å². The number of benzene rings is 2. The van der Waals surface area contributed by atoms with Gasteiger partial charge in [0.2, 0.25) is 0 Å². The summed E-state index contributed by atoms with van der Waals surface area (Å²) >= 11 is 1.30. The molecule has 2 aromatic heterocycles. The van der Waals surface area contributed by atoms with Gasteiger partial charge in [0, 0.05) is 17.1 Å². The molecule has 4 rings (SSSR count). The van der Waals surface area contributed by atoms with Crippen molar-refractivity contribution < 1.29 is 14.3 Å². The third-order valence-corrected chi connectivity index (χ3v) is 5.03. The van der Waals surface area contributed by atoms with Gasteiger partial charge in [-0.25, -0.2) is 14.8 Å². The second-order valence-electron chi connectivity index (χ2n) is 6.31. The Balaban J connectivity index is 1.51. The Morgan fingerprint density at radius 2 is 2.03 bits per heavy atom. The molecule has 7 nitrogen and oxygen atoms in total. The number of amides is 1. The third kappa shape index (κ3) is 4.17. The molecular weight excluding hydrogens is 388 g/mol. The highest BCUT2D eigenvalue weighted by molar-refractivity contribution is 7.13. The topological polar surface area (TPSA) is 97.0 Å². The third-order valence-electron chi connectivity index (χ3n) is 4.34. The van der Waals surface area contributed by atoms with Crippen LogP contribution in [0.5, 0.6) is 0 Å². The summed E-state index contributed by atoms with van der Waals surface area (Å²) in [6.07, 6.45) is 1.05.